The van der Waals surface area contributed by atoms with Gasteiger partial charge in [-0.25, -0.2) is 4.98 Å². The number of rotatable bonds is 6. The Morgan fingerprint density at radius 3 is 2.70 bits per heavy atom. The zero-order chi connectivity index (χ0) is 19.4. The highest BCUT2D eigenvalue weighted by molar-refractivity contribution is 6.02. The Balaban J connectivity index is 1.69. The van der Waals surface area contributed by atoms with Gasteiger partial charge < -0.3 is 15.2 Å². The Bertz CT molecular complexity index is 823. The molecule has 142 valence electrons. The summed E-state index contributed by atoms with van der Waals surface area (Å²) in [7, 11) is 0. The fourth-order valence-corrected chi connectivity index (χ4v) is 2.86. The predicted molar refractivity (Wildman–Crippen MR) is 101 cm³/mol. The quantitative estimate of drug-likeness (QED) is 0.785. The van der Waals surface area contributed by atoms with Crippen LogP contribution in [0.3, 0.4) is 0 Å². The van der Waals surface area contributed by atoms with Crippen LogP contribution in [0.5, 0.6) is 5.75 Å². The number of pyridine rings is 1. The number of carbonyl (C=O) groups excluding carboxylic acids is 2. The van der Waals surface area contributed by atoms with E-state index in [2.05, 4.69) is 4.98 Å². The number of hydrogen-bond donors (Lipinski definition) is 1. The van der Waals surface area contributed by atoms with Crippen LogP contribution < -0.4 is 15.4 Å². The summed E-state index contributed by atoms with van der Waals surface area (Å²) < 4.78 is 11.1. The van der Waals surface area contributed by atoms with Crippen LogP contribution >= 0.6 is 0 Å². The van der Waals surface area contributed by atoms with Crippen molar-refractivity contribution in [2.24, 2.45) is 5.92 Å². The third-order valence-electron chi connectivity index (χ3n) is 4.27. The summed E-state index contributed by atoms with van der Waals surface area (Å²) in [4.78, 5) is 30.6. The van der Waals surface area contributed by atoms with E-state index >= 15 is 0 Å². The molecule has 0 aliphatic carbocycles. The first-order valence-corrected chi connectivity index (χ1v) is 8.90. The van der Waals surface area contributed by atoms with Crippen molar-refractivity contribution in [3.8, 4) is 5.75 Å². The van der Waals surface area contributed by atoms with E-state index in [0.717, 1.165) is 5.56 Å². The SMILES string of the molecule is CC(C)C1Oc2ccc(N)nc2N(CC(=O)OCCc2ccccc2)C1=O. The van der Waals surface area contributed by atoms with Gasteiger partial charge in [0.2, 0.25) is 0 Å². The highest BCUT2D eigenvalue weighted by Gasteiger charge is 2.38. The predicted octanol–water partition coefficient (Wildman–Crippen LogP) is 2.20. The maximum atomic E-state index is 12.8. The Labute approximate surface area is 158 Å². The molecule has 0 saturated carbocycles. The zero-order valence-corrected chi connectivity index (χ0v) is 15.4. The molecule has 1 aromatic heterocycles. The smallest absolute Gasteiger partial charge is 0.326 e. The Kier molecular flexibility index (Phi) is 5.59. The number of carbonyl (C=O) groups is 2. The van der Waals surface area contributed by atoms with Crippen molar-refractivity contribution < 1.29 is 19.1 Å². The van der Waals surface area contributed by atoms with Crippen LogP contribution in [-0.4, -0.2) is 36.1 Å². The molecule has 2 heterocycles. The van der Waals surface area contributed by atoms with E-state index in [4.69, 9.17) is 15.2 Å². The molecule has 2 N–H and O–H groups in total. The van der Waals surface area contributed by atoms with Gasteiger partial charge in [0.05, 0.1) is 6.61 Å². The Morgan fingerprint density at radius 2 is 2.00 bits per heavy atom. The van der Waals surface area contributed by atoms with Crippen molar-refractivity contribution in [1.82, 2.24) is 4.98 Å². The van der Waals surface area contributed by atoms with Crippen LogP contribution in [-0.2, 0) is 20.7 Å². The average molecular weight is 369 g/mol. The lowest BCUT2D eigenvalue weighted by Gasteiger charge is -2.34. The minimum atomic E-state index is -0.681. The maximum absolute atomic E-state index is 12.8. The van der Waals surface area contributed by atoms with Crippen molar-refractivity contribution in [3.63, 3.8) is 0 Å². The summed E-state index contributed by atoms with van der Waals surface area (Å²) in [5.41, 5.74) is 6.81. The average Bonchev–Trinajstić information content (AvgIpc) is 2.64. The molecule has 2 aromatic rings. The van der Waals surface area contributed by atoms with Gasteiger partial charge in [-0.2, -0.15) is 0 Å². The summed E-state index contributed by atoms with van der Waals surface area (Å²) in [6.07, 6.45) is -0.0694. The van der Waals surface area contributed by atoms with Gasteiger partial charge in [0.15, 0.2) is 17.7 Å². The van der Waals surface area contributed by atoms with Gasteiger partial charge in [0, 0.05) is 6.42 Å². The molecule has 1 amide bonds. The van der Waals surface area contributed by atoms with E-state index in [1.807, 2.05) is 44.2 Å². The molecule has 7 heteroatoms. The van der Waals surface area contributed by atoms with Crippen molar-refractivity contribution in [1.29, 1.82) is 0 Å². The molecule has 0 saturated heterocycles. The lowest BCUT2D eigenvalue weighted by Crippen LogP contribution is -2.50. The number of nitrogens with zero attached hydrogens (tertiary/aromatic N) is 2. The summed E-state index contributed by atoms with van der Waals surface area (Å²) in [5.74, 6) is 0.0429. The third kappa shape index (κ3) is 4.36. The van der Waals surface area contributed by atoms with E-state index in [1.54, 1.807) is 12.1 Å². The molecule has 0 radical (unpaired) electrons. The molecule has 1 aliphatic heterocycles. The molecule has 0 fully saturated rings. The number of amides is 1. The molecular weight excluding hydrogens is 346 g/mol. The fourth-order valence-electron chi connectivity index (χ4n) is 2.86. The first kappa shape index (κ1) is 18.7. The normalized spacial score (nSPS) is 16.0. The van der Waals surface area contributed by atoms with Crippen LogP contribution in [0.25, 0.3) is 0 Å². The van der Waals surface area contributed by atoms with Crippen molar-refractivity contribution in [3.05, 3.63) is 48.0 Å². The van der Waals surface area contributed by atoms with Crippen molar-refractivity contribution in [2.75, 3.05) is 23.8 Å². The summed E-state index contributed by atoms with van der Waals surface area (Å²) in [6, 6.07) is 13.0. The Morgan fingerprint density at radius 1 is 1.26 bits per heavy atom. The first-order valence-electron chi connectivity index (χ1n) is 8.90. The second kappa shape index (κ2) is 8.07. The molecule has 0 bridgehead atoms. The molecule has 3 rings (SSSR count). The molecule has 7 nitrogen and oxygen atoms in total. The highest BCUT2D eigenvalue weighted by Crippen LogP contribution is 2.34. The van der Waals surface area contributed by atoms with E-state index in [9.17, 15) is 9.59 Å². The lowest BCUT2D eigenvalue weighted by molar-refractivity contribution is -0.143. The maximum Gasteiger partial charge on any atom is 0.326 e. The number of aromatic nitrogens is 1. The molecule has 0 spiro atoms. The minimum absolute atomic E-state index is 0.0557. The van der Waals surface area contributed by atoms with Gasteiger partial charge in [-0.3, -0.25) is 14.5 Å². The van der Waals surface area contributed by atoms with Gasteiger partial charge in [-0.05, 0) is 23.6 Å². The van der Waals surface area contributed by atoms with Gasteiger partial charge in [0.1, 0.15) is 12.4 Å². The van der Waals surface area contributed by atoms with Gasteiger partial charge in [0.25, 0.3) is 5.91 Å². The number of nitrogens with two attached hydrogens (primary N) is 1. The van der Waals surface area contributed by atoms with Crippen LogP contribution in [0, 0.1) is 5.92 Å². The van der Waals surface area contributed by atoms with E-state index < -0.39 is 12.1 Å². The summed E-state index contributed by atoms with van der Waals surface area (Å²) in [6.45, 7) is 3.78. The number of benzene rings is 1. The molecule has 1 aromatic carbocycles. The van der Waals surface area contributed by atoms with E-state index in [1.165, 1.54) is 4.90 Å². The number of esters is 1. The molecule has 27 heavy (non-hydrogen) atoms. The standard InChI is InChI=1S/C20H23N3O4/c1-13(2)18-20(25)23(19-15(27-18)8-9-16(21)22-19)12-17(24)26-11-10-14-6-4-3-5-7-14/h3-9,13,18H,10-12H2,1-2H3,(H2,21,22). The monoisotopic (exact) mass is 369 g/mol. The number of ether oxygens (including phenoxy) is 2. The number of hydrogen-bond acceptors (Lipinski definition) is 6. The van der Waals surface area contributed by atoms with Crippen molar-refractivity contribution >= 4 is 23.5 Å². The van der Waals surface area contributed by atoms with Crippen LogP contribution in [0.2, 0.25) is 0 Å². The second-order valence-corrected chi connectivity index (χ2v) is 6.72. The number of nitrogen functional groups attached to an aromatic ring is 1. The van der Waals surface area contributed by atoms with Gasteiger partial charge in [-0.1, -0.05) is 44.2 Å². The van der Waals surface area contributed by atoms with E-state index in [0.29, 0.717) is 12.2 Å². The minimum Gasteiger partial charge on any atom is -0.476 e. The molecule has 1 atom stereocenters. The first-order chi connectivity index (χ1) is 13.0. The van der Waals surface area contributed by atoms with E-state index in [-0.39, 0.29) is 36.6 Å². The number of fused-ring (bicyclic) bond motifs is 1. The molecular formula is C20H23N3O4. The van der Waals surface area contributed by atoms with Gasteiger partial charge in [-0.15, -0.1) is 0 Å². The second-order valence-electron chi connectivity index (χ2n) is 6.72. The summed E-state index contributed by atoms with van der Waals surface area (Å²) >= 11 is 0. The third-order valence-corrected chi connectivity index (χ3v) is 4.27. The summed E-state index contributed by atoms with van der Waals surface area (Å²) in [5, 5.41) is 0. The fraction of sp³-hybridized carbons (Fsp3) is 0.350. The molecule has 1 aliphatic rings. The molecule has 1 unspecified atom stereocenters. The van der Waals surface area contributed by atoms with Crippen molar-refractivity contribution in [2.45, 2.75) is 26.4 Å². The van der Waals surface area contributed by atoms with Crippen LogP contribution in [0.1, 0.15) is 19.4 Å². The van der Waals surface area contributed by atoms with Crippen LogP contribution in [0.15, 0.2) is 42.5 Å². The largest absolute Gasteiger partial charge is 0.476 e. The highest BCUT2D eigenvalue weighted by atomic mass is 16.5. The lowest BCUT2D eigenvalue weighted by atomic mass is 10.0. The van der Waals surface area contributed by atoms with Crippen LogP contribution in [0.4, 0.5) is 11.6 Å². The number of anilines is 2. The zero-order valence-electron chi connectivity index (χ0n) is 15.4. The topological polar surface area (TPSA) is 94.8 Å². The Hall–Kier alpha value is -3.09. The van der Waals surface area contributed by atoms with Gasteiger partial charge >= 0.3 is 5.97 Å².